The van der Waals surface area contributed by atoms with Crippen molar-refractivity contribution in [2.24, 2.45) is 0 Å². The van der Waals surface area contributed by atoms with Crippen LogP contribution in [0.2, 0.25) is 5.02 Å². The first-order chi connectivity index (χ1) is 15.9. The molecule has 1 amide bonds. The molecule has 33 heavy (non-hydrogen) atoms. The van der Waals surface area contributed by atoms with Crippen LogP contribution in [0.5, 0.6) is 0 Å². The smallest absolute Gasteiger partial charge is 0.267 e. The van der Waals surface area contributed by atoms with Crippen LogP contribution in [0.15, 0.2) is 58.5 Å². The Morgan fingerprint density at radius 2 is 2.00 bits per heavy atom. The Morgan fingerprint density at radius 1 is 1.24 bits per heavy atom. The number of benzene rings is 2. The number of anilines is 1. The molecule has 0 saturated heterocycles. The van der Waals surface area contributed by atoms with Crippen LogP contribution in [0.4, 0.5) is 10.1 Å². The molecule has 0 fully saturated rings. The lowest BCUT2D eigenvalue weighted by molar-refractivity contribution is -0.113. The van der Waals surface area contributed by atoms with Gasteiger partial charge in [-0.3, -0.25) is 14.2 Å². The molecular formula is C24H21ClFN3O2S2. The molecule has 9 heteroatoms. The number of aromatic nitrogens is 2. The fourth-order valence-corrected chi connectivity index (χ4v) is 5.81. The Hall–Kier alpha value is -2.68. The minimum Gasteiger partial charge on any atom is -0.325 e. The van der Waals surface area contributed by atoms with E-state index in [1.807, 2.05) is 6.92 Å². The van der Waals surface area contributed by atoms with Gasteiger partial charge in [0.15, 0.2) is 5.16 Å². The summed E-state index contributed by atoms with van der Waals surface area (Å²) in [5.74, 6) is -0.609. The van der Waals surface area contributed by atoms with Crippen LogP contribution in [0, 0.1) is 12.7 Å². The normalized spacial score (nSPS) is 11.2. The van der Waals surface area contributed by atoms with Gasteiger partial charge in [-0.1, -0.05) is 42.8 Å². The van der Waals surface area contributed by atoms with E-state index >= 15 is 0 Å². The van der Waals surface area contributed by atoms with Gasteiger partial charge in [0.05, 0.1) is 16.8 Å². The fraction of sp³-hybridized carbons (Fsp3) is 0.208. The quantitative estimate of drug-likeness (QED) is 0.241. The number of nitrogens with one attached hydrogen (secondary N) is 1. The van der Waals surface area contributed by atoms with Gasteiger partial charge in [0.2, 0.25) is 5.91 Å². The van der Waals surface area contributed by atoms with Crippen molar-refractivity contribution < 1.29 is 9.18 Å². The Balaban J connectivity index is 1.72. The number of halogens is 2. The summed E-state index contributed by atoms with van der Waals surface area (Å²) in [5.41, 5.74) is 1.79. The minimum atomic E-state index is -0.395. The number of hydrogen-bond acceptors (Lipinski definition) is 5. The standard InChI is InChI=1S/C24H21ClFN3O2S2/c1-3-5-19-14(2)21-22(33-19)28-24(29(23(21)31)18-10-8-16(26)9-11-18)32-13-20(30)27-17-7-4-6-15(25)12-17/h4,6-12H,3,5,13H2,1-2H3,(H,27,30). The van der Waals surface area contributed by atoms with Crippen LogP contribution in [0.25, 0.3) is 15.9 Å². The Bertz CT molecular complexity index is 1380. The van der Waals surface area contributed by atoms with Gasteiger partial charge in [0.25, 0.3) is 5.56 Å². The van der Waals surface area contributed by atoms with E-state index in [-0.39, 0.29) is 17.2 Å². The molecule has 2 aromatic heterocycles. The summed E-state index contributed by atoms with van der Waals surface area (Å²) in [4.78, 5) is 32.6. The van der Waals surface area contributed by atoms with E-state index in [2.05, 4.69) is 12.2 Å². The first-order valence-electron chi connectivity index (χ1n) is 10.4. The number of hydrogen-bond donors (Lipinski definition) is 1. The zero-order chi connectivity index (χ0) is 23.5. The maximum absolute atomic E-state index is 13.6. The number of rotatable bonds is 7. The van der Waals surface area contributed by atoms with Crippen LogP contribution in [0.1, 0.15) is 23.8 Å². The number of thioether (sulfide) groups is 1. The molecular weight excluding hydrogens is 481 g/mol. The number of fused-ring (bicyclic) bond motifs is 1. The zero-order valence-corrected chi connectivity index (χ0v) is 20.4. The molecule has 0 bridgehead atoms. The Kier molecular flexibility index (Phi) is 7.17. The van der Waals surface area contributed by atoms with Crippen molar-refractivity contribution in [1.29, 1.82) is 0 Å². The van der Waals surface area contributed by atoms with Crippen molar-refractivity contribution >= 4 is 56.5 Å². The second-order valence-electron chi connectivity index (χ2n) is 7.44. The van der Waals surface area contributed by atoms with Gasteiger partial charge in [-0.2, -0.15) is 0 Å². The van der Waals surface area contributed by atoms with E-state index < -0.39 is 5.82 Å². The highest BCUT2D eigenvalue weighted by Crippen LogP contribution is 2.31. The maximum Gasteiger partial charge on any atom is 0.267 e. The molecule has 1 N–H and O–H groups in total. The summed E-state index contributed by atoms with van der Waals surface area (Å²) in [7, 11) is 0. The topological polar surface area (TPSA) is 64.0 Å². The highest BCUT2D eigenvalue weighted by atomic mass is 35.5. The van der Waals surface area contributed by atoms with Crippen LogP contribution in [0.3, 0.4) is 0 Å². The second-order valence-corrected chi connectivity index (χ2v) is 9.90. The molecule has 0 aliphatic rings. The molecule has 0 atom stereocenters. The van der Waals surface area contributed by atoms with Crippen LogP contribution in [-0.4, -0.2) is 21.2 Å². The predicted octanol–water partition coefficient (Wildman–Crippen LogP) is 6.23. The third-order valence-electron chi connectivity index (χ3n) is 5.04. The van der Waals surface area contributed by atoms with E-state index in [1.165, 1.54) is 40.2 Å². The third-order valence-corrected chi connectivity index (χ3v) is 7.45. The van der Waals surface area contributed by atoms with Gasteiger partial charge >= 0.3 is 0 Å². The lowest BCUT2D eigenvalue weighted by atomic mass is 10.1. The highest BCUT2D eigenvalue weighted by Gasteiger charge is 2.20. The van der Waals surface area contributed by atoms with Crippen molar-refractivity contribution in [2.45, 2.75) is 31.8 Å². The summed E-state index contributed by atoms with van der Waals surface area (Å²) >= 11 is 8.64. The molecule has 0 saturated carbocycles. The monoisotopic (exact) mass is 501 g/mol. The van der Waals surface area contributed by atoms with E-state index in [0.717, 1.165) is 35.0 Å². The van der Waals surface area contributed by atoms with Gasteiger partial charge in [0, 0.05) is 15.6 Å². The van der Waals surface area contributed by atoms with E-state index in [4.69, 9.17) is 16.6 Å². The number of amides is 1. The molecule has 0 aliphatic heterocycles. The molecule has 0 radical (unpaired) electrons. The van der Waals surface area contributed by atoms with Crippen LogP contribution in [-0.2, 0) is 11.2 Å². The van der Waals surface area contributed by atoms with Gasteiger partial charge in [-0.25, -0.2) is 9.37 Å². The van der Waals surface area contributed by atoms with E-state index in [0.29, 0.717) is 31.8 Å². The van der Waals surface area contributed by atoms with Gasteiger partial charge in [0.1, 0.15) is 10.6 Å². The predicted molar refractivity (Wildman–Crippen MR) is 135 cm³/mol. The number of carbonyl (C=O) groups excluding carboxylic acids is 1. The third kappa shape index (κ3) is 5.13. The lowest BCUT2D eigenvalue weighted by Crippen LogP contribution is -2.23. The number of aryl methyl sites for hydroxylation is 2. The maximum atomic E-state index is 13.6. The average Bonchev–Trinajstić information content (AvgIpc) is 3.09. The number of thiophene rings is 1. The van der Waals surface area contributed by atoms with Crippen LogP contribution < -0.4 is 10.9 Å². The number of nitrogens with zero attached hydrogens (tertiary/aromatic N) is 2. The summed E-state index contributed by atoms with van der Waals surface area (Å²) in [6.07, 6.45) is 1.83. The van der Waals surface area contributed by atoms with Crippen molar-refractivity contribution in [3.63, 3.8) is 0 Å². The first kappa shape index (κ1) is 23.5. The first-order valence-corrected chi connectivity index (χ1v) is 12.5. The molecule has 170 valence electrons. The molecule has 4 rings (SSSR count). The molecule has 0 spiro atoms. The van der Waals surface area contributed by atoms with E-state index in [1.54, 1.807) is 24.3 Å². The van der Waals surface area contributed by atoms with E-state index in [9.17, 15) is 14.0 Å². The zero-order valence-electron chi connectivity index (χ0n) is 18.0. The average molecular weight is 502 g/mol. The largest absolute Gasteiger partial charge is 0.325 e. The minimum absolute atomic E-state index is 0.0395. The van der Waals surface area contributed by atoms with Crippen molar-refractivity contribution in [2.75, 3.05) is 11.1 Å². The molecule has 0 unspecified atom stereocenters. The molecule has 0 aliphatic carbocycles. The molecule has 4 aromatic rings. The molecule has 2 aromatic carbocycles. The van der Waals surface area contributed by atoms with Gasteiger partial charge in [-0.05, 0) is 61.4 Å². The van der Waals surface area contributed by atoms with Crippen molar-refractivity contribution in [3.05, 3.63) is 80.2 Å². The summed E-state index contributed by atoms with van der Waals surface area (Å²) in [6.45, 7) is 4.03. The summed E-state index contributed by atoms with van der Waals surface area (Å²) < 4.78 is 15.0. The molecule has 2 heterocycles. The SMILES string of the molecule is CCCc1sc2nc(SCC(=O)Nc3cccc(Cl)c3)n(-c3ccc(F)cc3)c(=O)c2c1C. The van der Waals surface area contributed by atoms with Crippen molar-refractivity contribution in [3.8, 4) is 5.69 Å². The van der Waals surface area contributed by atoms with Crippen molar-refractivity contribution in [1.82, 2.24) is 9.55 Å². The van der Waals surface area contributed by atoms with Gasteiger partial charge in [-0.15, -0.1) is 11.3 Å². The highest BCUT2D eigenvalue weighted by molar-refractivity contribution is 7.99. The number of carbonyl (C=O) groups is 1. The van der Waals surface area contributed by atoms with Gasteiger partial charge < -0.3 is 5.32 Å². The Labute approximate surface area is 203 Å². The fourth-order valence-electron chi connectivity index (χ4n) is 3.48. The lowest BCUT2D eigenvalue weighted by Gasteiger charge is -2.12. The Morgan fingerprint density at radius 3 is 2.70 bits per heavy atom. The summed E-state index contributed by atoms with van der Waals surface area (Å²) in [5, 5.41) is 4.27. The summed E-state index contributed by atoms with van der Waals surface area (Å²) in [6, 6.07) is 12.6. The molecule has 5 nitrogen and oxygen atoms in total. The van der Waals surface area contributed by atoms with Crippen LogP contribution >= 0.6 is 34.7 Å². The second kappa shape index (κ2) is 10.1.